The molecular formula is C21H27ClZr. The largest absolute Gasteiger partial charge is 4.00 e. The van der Waals surface area contributed by atoms with Gasteiger partial charge in [-0.15, -0.1) is 0 Å². The summed E-state index contributed by atoms with van der Waals surface area (Å²) in [7, 11) is 0. The fourth-order valence-corrected chi connectivity index (χ4v) is 4.12. The van der Waals surface area contributed by atoms with Crippen molar-refractivity contribution in [1.29, 1.82) is 0 Å². The third-order valence-corrected chi connectivity index (χ3v) is 5.25. The number of halogens is 1. The molecule has 0 fully saturated rings. The molecule has 2 aliphatic rings. The van der Waals surface area contributed by atoms with Crippen molar-refractivity contribution in [1.82, 2.24) is 0 Å². The third kappa shape index (κ3) is 4.70. The Labute approximate surface area is 167 Å². The van der Waals surface area contributed by atoms with Crippen molar-refractivity contribution >= 4 is 0 Å². The number of hydrogen-bond donors (Lipinski definition) is 0. The Hall–Kier alpha value is -0.127. The fourth-order valence-electron chi connectivity index (χ4n) is 4.12. The molecule has 0 unspecified atom stereocenters. The van der Waals surface area contributed by atoms with E-state index in [0.29, 0.717) is 0 Å². The van der Waals surface area contributed by atoms with Crippen molar-refractivity contribution < 1.29 is 38.6 Å². The summed E-state index contributed by atoms with van der Waals surface area (Å²) in [5, 5.41) is 0. The Kier molecular flexibility index (Phi) is 8.53. The molecule has 0 aliphatic heterocycles. The van der Waals surface area contributed by atoms with Crippen LogP contribution in [0.25, 0.3) is 0 Å². The first-order valence-electron chi connectivity index (χ1n) is 8.43. The minimum atomic E-state index is 0. The van der Waals surface area contributed by atoms with Gasteiger partial charge in [-0.3, -0.25) is 0 Å². The molecule has 2 heteroatoms. The average molecular weight is 406 g/mol. The van der Waals surface area contributed by atoms with Gasteiger partial charge in [-0.25, -0.2) is 12.1 Å². The standard InChI is InChI=1S/C20H24.CH3.ClH.Zr/c1-2-6-18-12-15(11-17(18)5-1)9-10-16-13-19-7-3-4-8-20(19)14-16;;;/h11-14H,1-10H2;1H3;1H;/q-2;-1;;+4/p-1. The summed E-state index contributed by atoms with van der Waals surface area (Å²) in [6, 6.07) is 9.93. The maximum absolute atomic E-state index is 2.48. The number of fused-ring (bicyclic) bond motifs is 2. The summed E-state index contributed by atoms with van der Waals surface area (Å²) in [6.45, 7) is 0. The first kappa shape index (κ1) is 20.9. The van der Waals surface area contributed by atoms with E-state index in [9.17, 15) is 0 Å². The summed E-state index contributed by atoms with van der Waals surface area (Å²) in [5.74, 6) is 0. The summed E-state index contributed by atoms with van der Waals surface area (Å²) in [6.07, 6.45) is 13.3. The predicted molar refractivity (Wildman–Crippen MR) is 91.2 cm³/mol. The first-order chi connectivity index (χ1) is 9.88. The van der Waals surface area contributed by atoms with Crippen LogP contribution in [-0.4, -0.2) is 0 Å². The Morgan fingerprint density at radius 1 is 0.696 bits per heavy atom. The predicted octanol–water partition coefficient (Wildman–Crippen LogP) is 2.12. The van der Waals surface area contributed by atoms with Gasteiger partial charge in [0.15, 0.2) is 0 Å². The summed E-state index contributed by atoms with van der Waals surface area (Å²) in [4.78, 5) is 0. The second-order valence-electron chi connectivity index (χ2n) is 6.74. The molecule has 0 spiro atoms. The van der Waals surface area contributed by atoms with Crippen molar-refractivity contribution in [2.45, 2.75) is 64.2 Å². The van der Waals surface area contributed by atoms with Gasteiger partial charge in [0.25, 0.3) is 0 Å². The number of rotatable bonds is 3. The molecule has 4 rings (SSSR count). The Bertz CT molecular complexity index is 504. The molecule has 0 aromatic heterocycles. The molecule has 0 bridgehead atoms. The van der Waals surface area contributed by atoms with Crippen LogP contribution in [0.4, 0.5) is 0 Å². The van der Waals surface area contributed by atoms with Crippen LogP contribution in [0.2, 0.25) is 0 Å². The molecule has 0 amide bonds. The molecule has 23 heavy (non-hydrogen) atoms. The molecular weight excluding hydrogens is 379 g/mol. The van der Waals surface area contributed by atoms with Crippen LogP contribution in [-0.2, 0) is 64.7 Å². The third-order valence-electron chi connectivity index (χ3n) is 5.25. The van der Waals surface area contributed by atoms with Crippen molar-refractivity contribution in [3.8, 4) is 0 Å². The van der Waals surface area contributed by atoms with Crippen LogP contribution >= 0.6 is 0 Å². The molecule has 0 N–H and O–H groups in total. The zero-order chi connectivity index (χ0) is 13.4. The van der Waals surface area contributed by atoms with Crippen LogP contribution in [0.5, 0.6) is 0 Å². The van der Waals surface area contributed by atoms with Gasteiger partial charge in [0.1, 0.15) is 0 Å². The molecule has 2 aliphatic carbocycles. The Morgan fingerprint density at radius 2 is 1.09 bits per heavy atom. The van der Waals surface area contributed by atoms with E-state index in [1.165, 1.54) is 64.2 Å². The zero-order valence-corrected chi connectivity index (χ0v) is 17.5. The molecule has 0 nitrogen and oxygen atoms in total. The van der Waals surface area contributed by atoms with E-state index in [1.54, 1.807) is 33.4 Å². The molecule has 0 saturated heterocycles. The van der Waals surface area contributed by atoms with E-state index in [4.69, 9.17) is 0 Å². The van der Waals surface area contributed by atoms with Crippen LogP contribution in [0.15, 0.2) is 24.3 Å². The van der Waals surface area contributed by atoms with E-state index in [-0.39, 0.29) is 46.0 Å². The van der Waals surface area contributed by atoms with Gasteiger partial charge in [-0.1, -0.05) is 51.4 Å². The van der Waals surface area contributed by atoms with E-state index in [1.807, 2.05) is 0 Å². The topological polar surface area (TPSA) is 0 Å². The zero-order valence-electron chi connectivity index (χ0n) is 14.3. The normalized spacial score (nSPS) is 15.5. The van der Waals surface area contributed by atoms with E-state index in [2.05, 4.69) is 24.3 Å². The molecule has 2 aromatic rings. The second kappa shape index (κ2) is 9.38. The average Bonchev–Trinajstić information content (AvgIpc) is 3.07. The van der Waals surface area contributed by atoms with Gasteiger partial charge in [-0.2, -0.15) is 45.5 Å². The van der Waals surface area contributed by atoms with Crippen LogP contribution < -0.4 is 12.4 Å². The first-order valence-corrected chi connectivity index (χ1v) is 8.43. The molecule has 0 heterocycles. The summed E-state index contributed by atoms with van der Waals surface area (Å²) in [5.41, 5.74) is 9.74. The van der Waals surface area contributed by atoms with Crippen molar-refractivity contribution in [3.63, 3.8) is 0 Å². The van der Waals surface area contributed by atoms with E-state index in [0.717, 1.165) is 0 Å². The maximum Gasteiger partial charge on any atom is 4.00 e. The van der Waals surface area contributed by atoms with Crippen molar-refractivity contribution in [2.24, 2.45) is 0 Å². The van der Waals surface area contributed by atoms with Gasteiger partial charge in [0.2, 0.25) is 0 Å². The van der Waals surface area contributed by atoms with Crippen LogP contribution in [0.3, 0.4) is 0 Å². The van der Waals surface area contributed by atoms with E-state index >= 15 is 0 Å². The van der Waals surface area contributed by atoms with Crippen molar-refractivity contribution in [3.05, 3.63) is 65.1 Å². The summed E-state index contributed by atoms with van der Waals surface area (Å²) >= 11 is 0. The molecule has 0 radical (unpaired) electrons. The minimum absolute atomic E-state index is 0. The number of aryl methyl sites for hydroxylation is 6. The quantitative estimate of drug-likeness (QED) is 0.686. The van der Waals surface area contributed by atoms with Gasteiger partial charge in [0, 0.05) is 0 Å². The Morgan fingerprint density at radius 3 is 1.48 bits per heavy atom. The molecule has 2 aromatic carbocycles. The SMILES string of the molecule is [CH3-].[Cl-].[Zr+4].c1c(CCc2cc3c([cH-]2)CCCC3)[cH-]c2c1CCCC2. The van der Waals surface area contributed by atoms with Gasteiger partial charge in [-0.05, 0) is 12.8 Å². The van der Waals surface area contributed by atoms with E-state index < -0.39 is 0 Å². The number of hydrogen-bond acceptors (Lipinski definition) is 0. The summed E-state index contributed by atoms with van der Waals surface area (Å²) < 4.78 is 0. The maximum atomic E-state index is 2.48. The molecule has 0 atom stereocenters. The molecule has 122 valence electrons. The fraction of sp³-hybridized carbons (Fsp3) is 0.476. The van der Waals surface area contributed by atoms with Crippen LogP contribution in [0.1, 0.15) is 59.1 Å². The Balaban J connectivity index is 0.000000882. The molecule has 0 saturated carbocycles. The smallest absolute Gasteiger partial charge is 1.00 e. The van der Waals surface area contributed by atoms with Gasteiger partial charge >= 0.3 is 26.2 Å². The van der Waals surface area contributed by atoms with Gasteiger partial charge in [0.05, 0.1) is 0 Å². The monoisotopic (exact) mass is 404 g/mol. The van der Waals surface area contributed by atoms with Crippen molar-refractivity contribution in [2.75, 3.05) is 0 Å². The van der Waals surface area contributed by atoms with Gasteiger partial charge < -0.3 is 19.8 Å². The van der Waals surface area contributed by atoms with Crippen LogP contribution in [0, 0.1) is 7.43 Å². The second-order valence-corrected chi connectivity index (χ2v) is 6.74. The minimum Gasteiger partial charge on any atom is -1.00 e.